The van der Waals surface area contributed by atoms with Gasteiger partial charge in [0.25, 0.3) is 0 Å². The highest BCUT2D eigenvalue weighted by molar-refractivity contribution is 6.19. The molecule has 0 aliphatic heterocycles. The minimum Gasteiger partial charge on any atom is -0.455 e. The molecule has 0 saturated heterocycles. The fraction of sp³-hybridized carbons (Fsp3) is 0.0182. The van der Waals surface area contributed by atoms with E-state index < -0.39 is 5.41 Å². The average molecular weight is 711 g/mol. The highest BCUT2D eigenvalue weighted by Gasteiger charge is 2.48. The van der Waals surface area contributed by atoms with Crippen LogP contribution in [0.5, 0.6) is 0 Å². The van der Waals surface area contributed by atoms with Gasteiger partial charge in [-0.3, -0.25) is 0 Å². The van der Waals surface area contributed by atoms with Crippen LogP contribution < -0.4 is 0 Å². The fourth-order valence-electron chi connectivity index (χ4n) is 10.0. The third-order valence-corrected chi connectivity index (χ3v) is 12.3. The van der Waals surface area contributed by atoms with Gasteiger partial charge >= 0.3 is 0 Å². The van der Waals surface area contributed by atoms with Gasteiger partial charge in [0.2, 0.25) is 0 Å². The molecule has 1 nitrogen and oxygen atoms in total. The summed E-state index contributed by atoms with van der Waals surface area (Å²) >= 11 is 0. The van der Waals surface area contributed by atoms with Gasteiger partial charge in [-0.1, -0.05) is 182 Å². The van der Waals surface area contributed by atoms with Gasteiger partial charge in [0, 0.05) is 16.2 Å². The largest absolute Gasteiger partial charge is 0.455 e. The van der Waals surface area contributed by atoms with E-state index in [1.54, 1.807) is 0 Å². The molecule has 10 aromatic carbocycles. The van der Waals surface area contributed by atoms with Crippen molar-refractivity contribution in [1.82, 2.24) is 0 Å². The van der Waals surface area contributed by atoms with Crippen molar-refractivity contribution >= 4 is 54.3 Å². The minimum absolute atomic E-state index is 0.605. The topological polar surface area (TPSA) is 13.1 Å². The lowest BCUT2D eigenvalue weighted by atomic mass is 9.66. The summed E-state index contributed by atoms with van der Waals surface area (Å²) in [5.41, 5.74) is 13.8. The standard InChI is InChI=1S/C55H34O/c1-3-19-39(20-4-1)55(40-21-5-2-6-22-40)49-34-38(42-26-14-28-50-51(42)47-32-29-36-16-8-12-25-44(36)54(47)56-50)30-31-46(49)52-48(33-37-17-9-11-24-43(37)53(52)55)45-27-13-18-35-15-7-10-23-41(35)45/h1-34H. The molecule has 0 fully saturated rings. The Bertz CT molecular complexity index is 3310. The van der Waals surface area contributed by atoms with E-state index in [0.29, 0.717) is 0 Å². The Labute approximate surface area is 324 Å². The molecule has 0 radical (unpaired) electrons. The van der Waals surface area contributed by atoms with Crippen LogP contribution in [-0.4, -0.2) is 0 Å². The van der Waals surface area contributed by atoms with Crippen LogP contribution in [-0.2, 0) is 5.41 Å². The molecule has 56 heavy (non-hydrogen) atoms. The summed E-state index contributed by atoms with van der Waals surface area (Å²) in [5.74, 6) is 0. The summed E-state index contributed by atoms with van der Waals surface area (Å²) in [4.78, 5) is 0. The number of hydrogen-bond donors (Lipinski definition) is 0. The van der Waals surface area contributed by atoms with E-state index in [4.69, 9.17) is 4.42 Å². The molecule has 11 aromatic rings. The van der Waals surface area contributed by atoms with E-state index >= 15 is 0 Å². The van der Waals surface area contributed by atoms with Crippen molar-refractivity contribution in [2.24, 2.45) is 0 Å². The Morgan fingerprint density at radius 1 is 0.357 bits per heavy atom. The zero-order valence-corrected chi connectivity index (χ0v) is 30.5. The van der Waals surface area contributed by atoms with Crippen molar-refractivity contribution in [3.05, 3.63) is 229 Å². The first-order valence-electron chi connectivity index (χ1n) is 19.4. The highest BCUT2D eigenvalue weighted by Crippen LogP contribution is 2.61. The van der Waals surface area contributed by atoms with Crippen molar-refractivity contribution < 1.29 is 4.42 Å². The fourth-order valence-corrected chi connectivity index (χ4v) is 10.0. The van der Waals surface area contributed by atoms with Crippen molar-refractivity contribution in [3.8, 4) is 33.4 Å². The normalized spacial score (nSPS) is 13.1. The van der Waals surface area contributed by atoms with Gasteiger partial charge in [0.1, 0.15) is 11.2 Å². The Balaban J connectivity index is 1.24. The molecule has 0 saturated carbocycles. The molecule has 0 N–H and O–H groups in total. The van der Waals surface area contributed by atoms with Gasteiger partial charge in [-0.05, 0) is 107 Å². The summed E-state index contributed by atoms with van der Waals surface area (Å²) in [6.45, 7) is 0. The predicted molar refractivity (Wildman–Crippen MR) is 234 cm³/mol. The van der Waals surface area contributed by atoms with E-state index in [-0.39, 0.29) is 0 Å². The maximum absolute atomic E-state index is 6.70. The molecule has 260 valence electrons. The van der Waals surface area contributed by atoms with Gasteiger partial charge in [0.15, 0.2) is 0 Å². The summed E-state index contributed by atoms with van der Waals surface area (Å²) in [7, 11) is 0. The average Bonchev–Trinajstić information content (AvgIpc) is 3.81. The van der Waals surface area contributed by atoms with Gasteiger partial charge < -0.3 is 4.42 Å². The molecule has 0 unspecified atom stereocenters. The number of rotatable bonds is 4. The molecule has 12 rings (SSSR count). The van der Waals surface area contributed by atoms with Crippen LogP contribution in [0.3, 0.4) is 0 Å². The van der Waals surface area contributed by atoms with Crippen LogP contribution in [0.25, 0.3) is 87.6 Å². The molecular weight excluding hydrogens is 677 g/mol. The lowest BCUT2D eigenvalue weighted by Gasteiger charge is -2.35. The van der Waals surface area contributed by atoms with Crippen LogP contribution in [0.15, 0.2) is 211 Å². The second kappa shape index (κ2) is 11.9. The Morgan fingerprint density at radius 2 is 0.964 bits per heavy atom. The molecule has 1 aliphatic rings. The highest BCUT2D eigenvalue weighted by atomic mass is 16.3. The molecule has 1 heteroatoms. The second-order valence-electron chi connectivity index (χ2n) is 15.1. The van der Waals surface area contributed by atoms with Crippen molar-refractivity contribution in [3.63, 3.8) is 0 Å². The van der Waals surface area contributed by atoms with Crippen molar-refractivity contribution in [1.29, 1.82) is 0 Å². The van der Waals surface area contributed by atoms with Gasteiger partial charge in [0.05, 0.1) is 5.41 Å². The van der Waals surface area contributed by atoms with Gasteiger partial charge in [-0.25, -0.2) is 0 Å². The van der Waals surface area contributed by atoms with Crippen LogP contribution >= 0.6 is 0 Å². The third kappa shape index (κ3) is 4.26. The third-order valence-electron chi connectivity index (χ3n) is 12.3. The quantitative estimate of drug-likeness (QED) is 0.177. The minimum atomic E-state index is -0.605. The predicted octanol–water partition coefficient (Wildman–Crippen LogP) is 14.7. The van der Waals surface area contributed by atoms with Gasteiger partial charge in [-0.2, -0.15) is 0 Å². The number of hydrogen-bond acceptors (Lipinski definition) is 1. The summed E-state index contributed by atoms with van der Waals surface area (Å²) in [6.07, 6.45) is 0. The maximum atomic E-state index is 6.70. The lowest BCUT2D eigenvalue weighted by Crippen LogP contribution is -2.29. The van der Waals surface area contributed by atoms with Crippen molar-refractivity contribution in [2.45, 2.75) is 5.41 Å². The van der Waals surface area contributed by atoms with Crippen LogP contribution in [0.4, 0.5) is 0 Å². The smallest absolute Gasteiger partial charge is 0.143 e. The first-order valence-corrected chi connectivity index (χ1v) is 19.4. The molecule has 0 atom stereocenters. The number of benzene rings is 10. The molecule has 1 aliphatic carbocycles. The van der Waals surface area contributed by atoms with E-state index in [1.807, 2.05) is 0 Å². The number of fused-ring (bicyclic) bond motifs is 11. The molecular formula is C55H34O. The lowest BCUT2D eigenvalue weighted by molar-refractivity contribution is 0.673. The Kier molecular flexibility index (Phi) is 6.62. The van der Waals surface area contributed by atoms with E-state index in [1.165, 1.54) is 82.6 Å². The SMILES string of the molecule is c1ccc(C2(c3ccccc3)c3cc(-c4cccc5oc6c7ccccc7ccc6c45)ccc3-c3c(-c4cccc5ccccc45)cc4ccccc4c32)cc1. The second-order valence-corrected chi connectivity index (χ2v) is 15.1. The van der Waals surface area contributed by atoms with Crippen LogP contribution in [0, 0.1) is 0 Å². The molecule has 0 amide bonds. The van der Waals surface area contributed by atoms with E-state index in [2.05, 4.69) is 206 Å². The first kappa shape index (κ1) is 31.2. The summed E-state index contributed by atoms with van der Waals surface area (Å²) < 4.78 is 6.70. The Hall–Kier alpha value is -7.22. The molecule has 0 bridgehead atoms. The molecule has 1 aromatic heterocycles. The van der Waals surface area contributed by atoms with E-state index in [9.17, 15) is 0 Å². The van der Waals surface area contributed by atoms with Crippen LogP contribution in [0.2, 0.25) is 0 Å². The molecule has 0 spiro atoms. The monoisotopic (exact) mass is 710 g/mol. The maximum Gasteiger partial charge on any atom is 0.143 e. The summed E-state index contributed by atoms with van der Waals surface area (Å²) in [5, 5.41) is 9.61. The Morgan fingerprint density at radius 3 is 1.73 bits per heavy atom. The molecule has 1 heterocycles. The summed E-state index contributed by atoms with van der Waals surface area (Å²) in [6, 6.07) is 76.0. The zero-order chi connectivity index (χ0) is 36.8. The van der Waals surface area contributed by atoms with Gasteiger partial charge in [-0.15, -0.1) is 0 Å². The number of furan rings is 1. The first-order chi connectivity index (χ1) is 27.8. The van der Waals surface area contributed by atoms with E-state index in [0.717, 1.165) is 27.3 Å². The van der Waals surface area contributed by atoms with Crippen molar-refractivity contribution in [2.75, 3.05) is 0 Å². The van der Waals surface area contributed by atoms with Crippen LogP contribution in [0.1, 0.15) is 22.3 Å². The zero-order valence-electron chi connectivity index (χ0n) is 30.5.